The highest BCUT2D eigenvalue weighted by atomic mass is 16.1. The quantitative estimate of drug-likeness (QED) is 0.287. The summed E-state index contributed by atoms with van der Waals surface area (Å²) in [6, 6.07) is 0. The van der Waals surface area contributed by atoms with Gasteiger partial charge in [0, 0.05) is 5.57 Å². The molecular weight excluding hydrogens is 268 g/mol. The first-order valence-electron chi connectivity index (χ1n) is 8.49. The molecule has 0 radical (unpaired) electrons. The van der Waals surface area contributed by atoms with Crippen LogP contribution in [-0.4, -0.2) is 6.29 Å². The van der Waals surface area contributed by atoms with Gasteiger partial charge < -0.3 is 0 Å². The van der Waals surface area contributed by atoms with Crippen LogP contribution in [0.2, 0.25) is 0 Å². The zero-order chi connectivity index (χ0) is 18.4. The number of carbonyl (C=O) groups is 1. The van der Waals surface area contributed by atoms with Crippen LogP contribution in [0.4, 0.5) is 0 Å². The fourth-order valence-electron chi connectivity index (χ4n) is 1.27. The molecule has 0 N–H and O–H groups in total. The van der Waals surface area contributed by atoms with Crippen molar-refractivity contribution in [2.24, 2.45) is 0 Å². The molecule has 0 atom stereocenters. The van der Waals surface area contributed by atoms with Gasteiger partial charge in [-0.2, -0.15) is 0 Å². The van der Waals surface area contributed by atoms with Gasteiger partial charge in [-0.1, -0.05) is 91.5 Å². The summed E-state index contributed by atoms with van der Waals surface area (Å²) in [6.45, 7) is 21.6. The second kappa shape index (κ2) is 27.7. The van der Waals surface area contributed by atoms with Gasteiger partial charge in [-0.05, 0) is 31.4 Å². The van der Waals surface area contributed by atoms with E-state index < -0.39 is 0 Å². The molecule has 1 heteroatoms. The molecule has 0 aromatic carbocycles. The van der Waals surface area contributed by atoms with Gasteiger partial charge in [-0.15, -0.1) is 0 Å². The van der Waals surface area contributed by atoms with E-state index in [1.807, 2.05) is 92.7 Å². The lowest BCUT2D eigenvalue weighted by Crippen LogP contribution is -1.90. The van der Waals surface area contributed by atoms with E-state index in [-0.39, 0.29) is 0 Å². The van der Waals surface area contributed by atoms with Crippen molar-refractivity contribution in [2.45, 2.75) is 68.7 Å². The molecule has 0 unspecified atom stereocenters. The lowest BCUT2D eigenvalue weighted by molar-refractivity contribution is -0.104. The van der Waals surface area contributed by atoms with E-state index in [0.29, 0.717) is 0 Å². The smallest absolute Gasteiger partial charge is 0.150 e. The highest BCUT2D eigenvalue weighted by Gasteiger charge is 2.00. The number of hydrogen-bond donors (Lipinski definition) is 0. The highest BCUT2D eigenvalue weighted by Crippen LogP contribution is 2.16. The molecule has 0 aliphatic carbocycles. The molecule has 22 heavy (non-hydrogen) atoms. The van der Waals surface area contributed by atoms with Crippen LogP contribution in [0.5, 0.6) is 0 Å². The minimum atomic E-state index is 0.726. The van der Waals surface area contributed by atoms with Crippen molar-refractivity contribution in [1.82, 2.24) is 0 Å². The SMILES string of the molecule is C=C\C=C/C(=C\C)C(/C)=C(C=O)/C=C\CC.CC.CC.CC. The third-order valence-corrected chi connectivity index (χ3v) is 2.25. The first-order chi connectivity index (χ1) is 10.7. The van der Waals surface area contributed by atoms with Crippen molar-refractivity contribution < 1.29 is 4.79 Å². The summed E-state index contributed by atoms with van der Waals surface area (Å²) in [4.78, 5) is 11.0. The summed E-state index contributed by atoms with van der Waals surface area (Å²) in [5.41, 5.74) is 2.76. The Morgan fingerprint density at radius 2 is 1.50 bits per heavy atom. The molecule has 0 saturated heterocycles. The van der Waals surface area contributed by atoms with Crippen molar-refractivity contribution >= 4 is 6.29 Å². The van der Waals surface area contributed by atoms with E-state index in [1.54, 1.807) is 6.08 Å². The van der Waals surface area contributed by atoms with Gasteiger partial charge >= 0.3 is 0 Å². The standard InChI is InChI=1S/C15H20O.3C2H6/c1-5-8-10-14(7-3)13(4)15(12-16)11-9-6-2;3*1-2/h5,7-12H,1,6H2,2-4H3;3*1-2H3/b10-8-,11-9-,14-7+,15-13-;;;. The molecule has 128 valence electrons. The molecule has 0 amide bonds. The van der Waals surface area contributed by atoms with Crippen LogP contribution in [0, 0.1) is 0 Å². The van der Waals surface area contributed by atoms with Crippen LogP contribution in [0.15, 0.2) is 59.8 Å². The van der Waals surface area contributed by atoms with Crippen LogP contribution in [0.1, 0.15) is 68.7 Å². The lowest BCUT2D eigenvalue weighted by Gasteiger charge is -2.04. The summed E-state index contributed by atoms with van der Waals surface area (Å²) >= 11 is 0. The monoisotopic (exact) mass is 306 g/mol. The number of carbonyl (C=O) groups excluding carboxylic acids is 1. The van der Waals surface area contributed by atoms with Crippen molar-refractivity contribution in [2.75, 3.05) is 0 Å². The summed E-state index contributed by atoms with van der Waals surface area (Å²) in [6.07, 6.45) is 13.2. The Bertz CT molecular complexity index is 352. The number of aldehydes is 1. The second-order valence-electron chi connectivity index (χ2n) is 3.35. The van der Waals surface area contributed by atoms with Crippen molar-refractivity contribution in [3.63, 3.8) is 0 Å². The maximum Gasteiger partial charge on any atom is 0.150 e. The Hall–Kier alpha value is -1.63. The summed E-state index contributed by atoms with van der Waals surface area (Å²) in [5, 5.41) is 0. The van der Waals surface area contributed by atoms with E-state index in [2.05, 4.69) is 6.58 Å². The summed E-state index contributed by atoms with van der Waals surface area (Å²) in [7, 11) is 0. The maximum absolute atomic E-state index is 11.0. The number of hydrogen-bond acceptors (Lipinski definition) is 1. The molecule has 0 spiro atoms. The molecule has 0 rings (SSSR count). The second-order valence-corrected chi connectivity index (χ2v) is 3.35. The van der Waals surface area contributed by atoms with Crippen molar-refractivity contribution in [3.8, 4) is 0 Å². The Morgan fingerprint density at radius 1 is 1.00 bits per heavy atom. The zero-order valence-electron chi connectivity index (χ0n) is 16.4. The number of rotatable bonds is 6. The third-order valence-electron chi connectivity index (χ3n) is 2.25. The van der Waals surface area contributed by atoms with Gasteiger partial charge in [0.1, 0.15) is 6.29 Å². The number of allylic oxidation sites excluding steroid dienone is 9. The van der Waals surface area contributed by atoms with Gasteiger partial charge in [-0.3, -0.25) is 4.79 Å². The molecule has 1 nitrogen and oxygen atoms in total. The molecule has 0 bridgehead atoms. The lowest BCUT2D eigenvalue weighted by atomic mass is 10.0. The van der Waals surface area contributed by atoms with Gasteiger partial charge in [0.15, 0.2) is 0 Å². The molecule has 0 aromatic rings. The highest BCUT2D eigenvalue weighted by molar-refractivity contribution is 5.80. The zero-order valence-corrected chi connectivity index (χ0v) is 16.4. The largest absolute Gasteiger partial charge is 0.298 e. The molecule has 0 heterocycles. The molecule has 0 aliphatic heterocycles. The molecule has 0 fully saturated rings. The predicted molar refractivity (Wildman–Crippen MR) is 105 cm³/mol. The van der Waals surface area contributed by atoms with Gasteiger partial charge in [-0.25, -0.2) is 0 Å². The topological polar surface area (TPSA) is 17.1 Å². The normalized spacial score (nSPS) is 11.2. The van der Waals surface area contributed by atoms with Crippen LogP contribution >= 0.6 is 0 Å². The van der Waals surface area contributed by atoms with Gasteiger partial charge in [0.05, 0.1) is 0 Å². The summed E-state index contributed by atoms with van der Waals surface area (Å²) in [5.74, 6) is 0. The van der Waals surface area contributed by atoms with E-state index in [0.717, 1.165) is 29.4 Å². The summed E-state index contributed by atoms with van der Waals surface area (Å²) < 4.78 is 0. The Kier molecular flexibility index (Phi) is 35.9. The Balaban J connectivity index is -0.000000238. The van der Waals surface area contributed by atoms with Crippen LogP contribution in [0.3, 0.4) is 0 Å². The minimum Gasteiger partial charge on any atom is -0.298 e. The molecule has 0 saturated carbocycles. The molecule has 0 aliphatic rings. The van der Waals surface area contributed by atoms with Gasteiger partial charge in [0.2, 0.25) is 0 Å². The fraction of sp³-hybridized carbons (Fsp3) is 0.476. The van der Waals surface area contributed by atoms with Crippen LogP contribution in [0.25, 0.3) is 0 Å². The average molecular weight is 307 g/mol. The van der Waals surface area contributed by atoms with E-state index in [4.69, 9.17) is 0 Å². The third kappa shape index (κ3) is 16.4. The van der Waals surface area contributed by atoms with Crippen molar-refractivity contribution in [1.29, 1.82) is 0 Å². The molecule has 0 aromatic heterocycles. The van der Waals surface area contributed by atoms with E-state index in [9.17, 15) is 4.79 Å². The minimum absolute atomic E-state index is 0.726. The first-order valence-corrected chi connectivity index (χ1v) is 8.49. The van der Waals surface area contributed by atoms with Gasteiger partial charge in [0.25, 0.3) is 0 Å². The van der Waals surface area contributed by atoms with E-state index >= 15 is 0 Å². The van der Waals surface area contributed by atoms with Crippen LogP contribution in [-0.2, 0) is 4.79 Å². The first kappa shape index (κ1) is 28.5. The predicted octanol–water partition coefficient (Wildman–Crippen LogP) is 7.24. The van der Waals surface area contributed by atoms with Crippen LogP contribution < -0.4 is 0 Å². The van der Waals surface area contributed by atoms with E-state index in [1.165, 1.54) is 0 Å². The molecular formula is C21H38O. The maximum atomic E-state index is 11.0. The Labute approximate surface area is 140 Å². The fourth-order valence-corrected chi connectivity index (χ4v) is 1.27. The Morgan fingerprint density at radius 3 is 1.82 bits per heavy atom. The average Bonchev–Trinajstić information content (AvgIpc) is 2.61. The van der Waals surface area contributed by atoms with Crippen molar-refractivity contribution in [3.05, 3.63) is 59.8 Å².